The molecule has 2 rings (SSSR count). The van der Waals surface area contributed by atoms with Crippen LogP contribution in [0.5, 0.6) is 0 Å². The number of rotatable bonds is 5. The Morgan fingerprint density at radius 2 is 2.05 bits per heavy atom. The van der Waals surface area contributed by atoms with E-state index in [0.717, 1.165) is 16.5 Å². The smallest absolute Gasteiger partial charge is 0.265 e. The fraction of sp³-hybridized carbons (Fsp3) is 0.357. The van der Waals surface area contributed by atoms with E-state index >= 15 is 0 Å². The molecule has 2 aromatic rings. The van der Waals surface area contributed by atoms with Gasteiger partial charge in [0.1, 0.15) is 4.90 Å². The van der Waals surface area contributed by atoms with Crippen molar-refractivity contribution >= 4 is 31.6 Å². The Kier molecular flexibility index (Phi) is 4.73. The molecule has 1 heterocycles. The third-order valence-corrected chi connectivity index (χ3v) is 5.17. The van der Waals surface area contributed by atoms with Gasteiger partial charge in [0.2, 0.25) is 0 Å². The average molecular weight is 372 g/mol. The van der Waals surface area contributed by atoms with Gasteiger partial charge in [0, 0.05) is 17.2 Å². The zero-order valence-electron chi connectivity index (χ0n) is 12.2. The third-order valence-electron chi connectivity index (χ3n) is 3.21. The van der Waals surface area contributed by atoms with Crippen LogP contribution in [-0.4, -0.2) is 18.2 Å². The summed E-state index contributed by atoms with van der Waals surface area (Å²) in [6.07, 6.45) is 2.30. The van der Waals surface area contributed by atoms with Gasteiger partial charge in [-0.05, 0) is 44.0 Å². The highest BCUT2D eigenvalue weighted by Gasteiger charge is 2.21. The lowest BCUT2D eigenvalue weighted by Gasteiger charge is -2.11. The topological polar surface area (TPSA) is 64.0 Å². The molecule has 114 valence electrons. The van der Waals surface area contributed by atoms with Gasteiger partial charge in [0.15, 0.2) is 0 Å². The van der Waals surface area contributed by atoms with Crippen LogP contribution in [0, 0.1) is 6.92 Å². The van der Waals surface area contributed by atoms with Crippen LogP contribution in [0.2, 0.25) is 0 Å². The van der Waals surface area contributed by atoms with Gasteiger partial charge in [0.05, 0.1) is 11.4 Å². The van der Waals surface area contributed by atoms with Gasteiger partial charge in [0.25, 0.3) is 10.0 Å². The maximum absolute atomic E-state index is 12.5. The van der Waals surface area contributed by atoms with E-state index in [2.05, 4.69) is 25.8 Å². The predicted octanol–water partition coefficient (Wildman–Crippen LogP) is 3.34. The van der Waals surface area contributed by atoms with Crippen molar-refractivity contribution in [2.24, 2.45) is 0 Å². The highest BCUT2D eigenvalue weighted by Crippen LogP contribution is 2.25. The van der Waals surface area contributed by atoms with Crippen LogP contribution in [0.4, 0.5) is 5.69 Å². The summed E-state index contributed by atoms with van der Waals surface area (Å²) in [6.45, 7) is 6.23. The van der Waals surface area contributed by atoms with E-state index in [-0.39, 0.29) is 4.90 Å². The van der Waals surface area contributed by atoms with Crippen molar-refractivity contribution in [3.05, 3.63) is 40.1 Å². The molecule has 0 atom stereocenters. The van der Waals surface area contributed by atoms with Gasteiger partial charge in [-0.2, -0.15) is 5.10 Å². The number of hydrogen-bond donors (Lipinski definition) is 1. The lowest BCUT2D eigenvalue weighted by molar-refractivity contribution is 0.600. The Hall–Kier alpha value is -1.34. The summed E-state index contributed by atoms with van der Waals surface area (Å²) in [5, 5.41) is 4.18. The summed E-state index contributed by atoms with van der Waals surface area (Å²) >= 11 is 3.40. The lowest BCUT2D eigenvalue weighted by Crippen LogP contribution is -2.14. The largest absolute Gasteiger partial charge is 0.279 e. The molecule has 7 heteroatoms. The number of nitrogens with zero attached hydrogens (tertiary/aromatic N) is 2. The van der Waals surface area contributed by atoms with E-state index in [1.807, 2.05) is 26.0 Å². The number of benzene rings is 1. The quantitative estimate of drug-likeness (QED) is 0.876. The molecule has 0 aliphatic carbocycles. The third kappa shape index (κ3) is 3.47. The van der Waals surface area contributed by atoms with Gasteiger partial charge in [-0.3, -0.25) is 9.40 Å². The summed E-state index contributed by atoms with van der Waals surface area (Å²) in [7, 11) is -3.63. The maximum Gasteiger partial charge on any atom is 0.265 e. The maximum atomic E-state index is 12.5. The Bertz CT molecular complexity index is 754. The normalized spacial score (nSPS) is 11.6. The van der Waals surface area contributed by atoms with E-state index in [1.54, 1.807) is 23.9 Å². The number of nitrogens with one attached hydrogen (secondary N) is 1. The number of sulfonamides is 1. The predicted molar refractivity (Wildman–Crippen MR) is 87.0 cm³/mol. The van der Waals surface area contributed by atoms with Crippen molar-refractivity contribution in [3.8, 4) is 0 Å². The van der Waals surface area contributed by atoms with Gasteiger partial charge in [-0.15, -0.1) is 0 Å². The second-order valence-corrected chi connectivity index (χ2v) is 7.26. The molecule has 0 amide bonds. The van der Waals surface area contributed by atoms with Gasteiger partial charge in [-0.25, -0.2) is 8.42 Å². The fourth-order valence-corrected chi connectivity index (χ4v) is 3.78. The van der Waals surface area contributed by atoms with E-state index in [9.17, 15) is 8.42 Å². The molecule has 0 spiro atoms. The minimum Gasteiger partial charge on any atom is -0.279 e. The van der Waals surface area contributed by atoms with Crippen molar-refractivity contribution < 1.29 is 8.42 Å². The van der Waals surface area contributed by atoms with Crippen LogP contribution in [-0.2, 0) is 23.0 Å². The van der Waals surface area contributed by atoms with Crippen molar-refractivity contribution in [2.45, 2.75) is 38.6 Å². The molecule has 0 unspecified atom stereocenters. The SMILES string of the molecule is CCc1cc(Br)ccc1NS(=O)(=O)c1cn(CC)nc1C. The summed E-state index contributed by atoms with van der Waals surface area (Å²) in [6, 6.07) is 5.50. The highest BCUT2D eigenvalue weighted by molar-refractivity contribution is 9.10. The molecule has 0 bridgehead atoms. The Labute approximate surface area is 133 Å². The molecule has 1 aromatic carbocycles. The monoisotopic (exact) mass is 371 g/mol. The standard InChI is InChI=1S/C14H18BrN3O2S/c1-4-11-8-12(15)6-7-13(11)17-21(19,20)14-9-18(5-2)16-10(14)3/h6-9,17H,4-5H2,1-3H3. The molecule has 0 saturated carbocycles. The molecule has 1 N–H and O–H groups in total. The average Bonchev–Trinajstić information content (AvgIpc) is 2.82. The van der Waals surface area contributed by atoms with Crippen molar-refractivity contribution in [3.63, 3.8) is 0 Å². The first-order valence-electron chi connectivity index (χ1n) is 6.72. The number of aromatic nitrogens is 2. The van der Waals surface area contributed by atoms with Crippen LogP contribution in [0.15, 0.2) is 33.8 Å². The van der Waals surface area contributed by atoms with Crippen molar-refractivity contribution in [2.75, 3.05) is 4.72 Å². The first-order valence-corrected chi connectivity index (χ1v) is 9.00. The Morgan fingerprint density at radius 1 is 1.33 bits per heavy atom. The fourth-order valence-electron chi connectivity index (χ4n) is 2.08. The minimum atomic E-state index is -3.63. The second kappa shape index (κ2) is 6.19. The highest BCUT2D eigenvalue weighted by atomic mass is 79.9. The van der Waals surface area contributed by atoms with Crippen molar-refractivity contribution in [1.82, 2.24) is 9.78 Å². The lowest BCUT2D eigenvalue weighted by atomic mass is 10.1. The molecular formula is C14H18BrN3O2S. The Morgan fingerprint density at radius 3 is 2.62 bits per heavy atom. The van der Waals surface area contributed by atoms with E-state index in [1.165, 1.54) is 0 Å². The molecule has 0 saturated heterocycles. The first kappa shape index (κ1) is 16.0. The second-order valence-electron chi connectivity index (χ2n) is 4.69. The van der Waals surface area contributed by atoms with Crippen LogP contribution >= 0.6 is 15.9 Å². The zero-order valence-corrected chi connectivity index (χ0v) is 14.6. The number of anilines is 1. The van der Waals surface area contributed by atoms with Gasteiger partial charge >= 0.3 is 0 Å². The van der Waals surface area contributed by atoms with Gasteiger partial charge < -0.3 is 0 Å². The van der Waals surface area contributed by atoms with E-state index < -0.39 is 10.0 Å². The van der Waals surface area contributed by atoms with Crippen LogP contribution in [0.1, 0.15) is 25.1 Å². The molecule has 1 aromatic heterocycles. The number of hydrogen-bond acceptors (Lipinski definition) is 3. The number of halogens is 1. The summed E-state index contributed by atoms with van der Waals surface area (Å²) in [5.41, 5.74) is 2.04. The van der Waals surface area contributed by atoms with E-state index in [4.69, 9.17) is 0 Å². The molecule has 0 fully saturated rings. The minimum absolute atomic E-state index is 0.217. The van der Waals surface area contributed by atoms with Crippen LogP contribution in [0.25, 0.3) is 0 Å². The Balaban J connectivity index is 2.39. The molecular weight excluding hydrogens is 354 g/mol. The molecule has 5 nitrogen and oxygen atoms in total. The molecule has 0 radical (unpaired) electrons. The van der Waals surface area contributed by atoms with E-state index in [0.29, 0.717) is 17.9 Å². The molecule has 0 aliphatic rings. The molecule has 0 aliphatic heterocycles. The zero-order chi connectivity index (χ0) is 15.6. The summed E-state index contributed by atoms with van der Waals surface area (Å²) < 4.78 is 30.3. The summed E-state index contributed by atoms with van der Waals surface area (Å²) in [4.78, 5) is 0.217. The number of aryl methyl sites for hydroxylation is 3. The van der Waals surface area contributed by atoms with Crippen molar-refractivity contribution in [1.29, 1.82) is 0 Å². The van der Waals surface area contributed by atoms with Crippen LogP contribution in [0.3, 0.4) is 0 Å². The summed E-state index contributed by atoms with van der Waals surface area (Å²) in [5.74, 6) is 0. The van der Waals surface area contributed by atoms with Gasteiger partial charge in [-0.1, -0.05) is 22.9 Å². The molecule has 21 heavy (non-hydrogen) atoms. The van der Waals surface area contributed by atoms with Crippen LogP contribution < -0.4 is 4.72 Å². The first-order chi connectivity index (χ1) is 9.87.